The lowest BCUT2D eigenvalue weighted by molar-refractivity contribution is 0.0632. The van der Waals surface area contributed by atoms with E-state index >= 15 is 0 Å². The molecule has 0 aliphatic heterocycles. The van der Waals surface area contributed by atoms with E-state index < -0.39 is 17.7 Å². The summed E-state index contributed by atoms with van der Waals surface area (Å²) in [5.41, 5.74) is -0.328. The number of hydrogen-bond acceptors (Lipinski definition) is 4. The van der Waals surface area contributed by atoms with Crippen molar-refractivity contribution in [1.29, 1.82) is 0 Å². The van der Waals surface area contributed by atoms with Crippen LogP contribution in [0.15, 0.2) is 0 Å². The van der Waals surface area contributed by atoms with E-state index in [4.69, 9.17) is 9.84 Å². The predicted molar refractivity (Wildman–Crippen MR) is 64.8 cm³/mol. The molecular weight excluding hydrogens is 238 g/mol. The number of aromatic nitrogens is 2. The summed E-state index contributed by atoms with van der Waals surface area (Å²) in [6.45, 7) is 6.80. The SMILES string of the molecule is Cc1c(C(=O)O)nn(C)c1NC(=O)OC(C)(C)C. The molecule has 0 radical (unpaired) electrons. The maximum Gasteiger partial charge on any atom is 0.413 e. The Morgan fingerprint density at radius 1 is 1.39 bits per heavy atom. The molecule has 7 heteroatoms. The lowest BCUT2D eigenvalue weighted by Crippen LogP contribution is -2.28. The van der Waals surface area contributed by atoms with Crippen molar-refractivity contribution in [2.75, 3.05) is 5.32 Å². The van der Waals surface area contributed by atoms with Crippen LogP contribution in [0.25, 0.3) is 0 Å². The number of hydrogen-bond donors (Lipinski definition) is 2. The molecular formula is C11H17N3O4. The number of aryl methyl sites for hydroxylation is 1. The van der Waals surface area contributed by atoms with Crippen LogP contribution >= 0.6 is 0 Å². The van der Waals surface area contributed by atoms with E-state index in [1.165, 1.54) is 4.68 Å². The van der Waals surface area contributed by atoms with Crippen LogP contribution in [0.5, 0.6) is 0 Å². The molecule has 0 aliphatic carbocycles. The first-order valence-electron chi connectivity index (χ1n) is 5.38. The highest BCUT2D eigenvalue weighted by molar-refractivity contribution is 5.91. The van der Waals surface area contributed by atoms with E-state index in [0.717, 1.165) is 0 Å². The average Bonchev–Trinajstić information content (AvgIpc) is 2.42. The summed E-state index contributed by atoms with van der Waals surface area (Å²) >= 11 is 0. The molecule has 0 spiro atoms. The molecule has 2 N–H and O–H groups in total. The zero-order valence-electron chi connectivity index (χ0n) is 11.1. The maximum absolute atomic E-state index is 11.6. The number of carbonyl (C=O) groups is 2. The highest BCUT2D eigenvalue weighted by Crippen LogP contribution is 2.19. The molecule has 0 saturated heterocycles. The molecule has 1 amide bonds. The second-order valence-electron chi connectivity index (χ2n) is 4.88. The Bertz CT molecular complexity index is 485. The fraction of sp³-hybridized carbons (Fsp3) is 0.545. The number of nitrogens with zero attached hydrogens (tertiary/aromatic N) is 2. The van der Waals surface area contributed by atoms with Crippen LogP contribution in [-0.4, -0.2) is 32.6 Å². The van der Waals surface area contributed by atoms with E-state index in [0.29, 0.717) is 11.4 Å². The van der Waals surface area contributed by atoms with E-state index in [1.807, 2.05) is 0 Å². The second-order valence-corrected chi connectivity index (χ2v) is 4.88. The minimum Gasteiger partial charge on any atom is -0.476 e. The summed E-state index contributed by atoms with van der Waals surface area (Å²) in [5, 5.41) is 15.2. The summed E-state index contributed by atoms with van der Waals surface area (Å²) in [6.07, 6.45) is -0.648. The topological polar surface area (TPSA) is 93.5 Å². The van der Waals surface area contributed by atoms with Gasteiger partial charge in [0.1, 0.15) is 11.4 Å². The molecule has 18 heavy (non-hydrogen) atoms. The number of ether oxygens (including phenoxy) is 1. The minimum atomic E-state index is -1.14. The van der Waals surface area contributed by atoms with Gasteiger partial charge in [-0.25, -0.2) is 9.59 Å². The third-order valence-electron chi connectivity index (χ3n) is 2.11. The van der Waals surface area contributed by atoms with Crippen molar-refractivity contribution in [3.05, 3.63) is 11.3 Å². The van der Waals surface area contributed by atoms with Crippen LogP contribution in [0.1, 0.15) is 36.8 Å². The molecule has 0 aromatic carbocycles. The van der Waals surface area contributed by atoms with Crippen molar-refractivity contribution in [2.45, 2.75) is 33.3 Å². The highest BCUT2D eigenvalue weighted by atomic mass is 16.6. The van der Waals surface area contributed by atoms with Gasteiger partial charge in [0.05, 0.1) is 0 Å². The van der Waals surface area contributed by atoms with E-state index in [-0.39, 0.29) is 5.69 Å². The van der Waals surface area contributed by atoms with Gasteiger partial charge in [-0.3, -0.25) is 10.00 Å². The van der Waals surface area contributed by atoms with Gasteiger partial charge < -0.3 is 9.84 Å². The van der Waals surface area contributed by atoms with E-state index in [9.17, 15) is 9.59 Å². The number of anilines is 1. The monoisotopic (exact) mass is 255 g/mol. The van der Waals surface area contributed by atoms with Crippen molar-refractivity contribution < 1.29 is 19.4 Å². The predicted octanol–water partition coefficient (Wildman–Crippen LogP) is 1.77. The van der Waals surface area contributed by atoms with Gasteiger partial charge >= 0.3 is 12.1 Å². The van der Waals surface area contributed by atoms with Crippen LogP contribution in [0, 0.1) is 6.92 Å². The molecule has 1 rings (SSSR count). The van der Waals surface area contributed by atoms with Gasteiger partial charge in [0.2, 0.25) is 0 Å². The first kappa shape index (κ1) is 14.0. The molecule has 100 valence electrons. The van der Waals surface area contributed by atoms with Crippen molar-refractivity contribution >= 4 is 17.9 Å². The van der Waals surface area contributed by atoms with Crippen LogP contribution in [-0.2, 0) is 11.8 Å². The van der Waals surface area contributed by atoms with Crippen molar-refractivity contribution in [2.24, 2.45) is 7.05 Å². The summed E-state index contributed by atoms with van der Waals surface area (Å²) < 4.78 is 6.38. The average molecular weight is 255 g/mol. The summed E-state index contributed by atoms with van der Waals surface area (Å²) in [5.74, 6) is -0.831. The molecule has 1 aromatic heterocycles. The van der Waals surface area contributed by atoms with Crippen LogP contribution in [0.2, 0.25) is 0 Å². The number of carboxylic acid groups (broad SMARTS) is 1. The Labute approximate surface area is 105 Å². The molecule has 7 nitrogen and oxygen atoms in total. The number of rotatable bonds is 2. The zero-order chi connectivity index (χ0) is 14.1. The maximum atomic E-state index is 11.6. The van der Waals surface area contributed by atoms with Gasteiger partial charge in [-0.05, 0) is 27.7 Å². The molecule has 0 bridgehead atoms. The molecule has 1 aromatic rings. The Morgan fingerprint density at radius 3 is 2.33 bits per heavy atom. The van der Waals surface area contributed by atoms with Crippen LogP contribution < -0.4 is 5.32 Å². The first-order chi connectivity index (χ1) is 8.11. The molecule has 1 heterocycles. The third-order valence-corrected chi connectivity index (χ3v) is 2.11. The number of carboxylic acids is 1. The van der Waals surface area contributed by atoms with Gasteiger partial charge in [-0.15, -0.1) is 0 Å². The van der Waals surface area contributed by atoms with Crippen molar-refractivity contribution in [3.63, 3.8) is 0 Å². The van der Waals surface area contributed by atoms with Gasteiger partial charge in [-0.2, -0.15) is 5.10 Å². The smallest absolute Gasteiger partial charge is 0.413 e. The molecule has 0 atom stereocenters. The molecule has 0 fully saturated rings. The molecule has 0 unspecified atom stereocenters. The standard InChI is InChI=1S/C11H17N3O4/c1-6-7(9(15)16)13-14(5)8(6)12-10(17)18-11(2,3)4/h1-5H3,(H,12,17)(H,15,16). The quantitative estimate of drug-likeness (QED) is 0.840. The summed E-state index contributed by atoms with van der Waals surface area (Å²) in [6, 6.07) is 0. The van der Waals surface area contributed by atoms with E-state index in [2.05, 4.69) is 10.4 Å². The Balaban J connectivity index is 2.92. The third kappa shape index (κ3) is 3.22. The van der Waals surface area contributed by atoms with Crippen LogP contribution in [0.3, 0.4) is 0 Å². The normalized spacial score (nSPS) is 11.2. The fourth-order valence-electron chi connectivity index (χ4n) is 1.41. The minimum absolute atomic E-state index is 0.0939. The van der Waals surface area contributed by atoms with Crippen LogP contribution in [0.4, 0.5) is 10.6 Å². The van der Waals surface area contributed by atoms with Gasteiger partial charge in [0.25, 0.3) is 0 Å². The summed E-state index contributed by atoms with van der Waals surface area (Å²) in [4.78, 5) is 22.5. The highest BCUT2D eigenvalue weighted by Gasteiger charge is 2.22. The van der Waals surface area contributed by atoms with Gasteiger partial charge in [0.15, 0.2) is 5.69 Å². The Kier molecular flexibility index (Phi) is 3.64. The first-order valence-corrected chi connectivity index (χ1v) is 5.38. The number of carbonyl (C=O) groups excluding carboxylic acids is 1. The second kappa shape index (κ2) is 4.67. The largest absolute Gasteiger partial charge is 0.476 e. The lowest BCUT2D eigenvalue weighted by atomic mass is 10.2. The fourth-order valence-corrected chi connectivity index (χ4v) is 1.41. The number of nitrogens with one attached hydrogen (secondary N) is 1. The molecule has 0 aliphatic rings. The number of amides is 1. The molecule has 0 saturated carbocycles. The number of aromatic carboxylic acids is 1. The lowest BCUT2D eigenvalue weighted by Gasteiger charge is -2.19. The zero-order valence-corrected chi connectivity index (χ0v) is 11.1. The Morgan fingerprint density at radius 2 is 1.94 bits per heavy atom. The Hall–Kier alpha value is -2.05. The summed E-state index contributed by atoms with van der Waals surface area (Å²) in [7, 11) is 1.55. The van der Waals surface area contributed by atoms with Crippen molar-refractivity contribution in [3.8, 4) is 0 Å². The van der Waals surface area contributed by atoms with Crippen molar-refractivity contribution in [1.82, 2.24) is 9.78 Å². The van der Waals surface area contributed by atoms with E-state index in [1.54, 1.807) is 34.7 Å². The van der Waals surface area contributed by atoms with Gasteiger partial charge in [0, 0.05) is 12.6 Å². The van der Waals surface area contributed by atoms with Gasteiger partial charge in [-0.1, -0.05) is 0 Å².